The van der Waals surface area contributed by atoms with E-state index in [0.29, 0.717) is 0 Å². The number of nitrogens with two attached hydrogens (primary N) is 1. The molecule has 1 aromatic carbocycles. The van der Waals surface area contributed by atoms with Crippen LogP contribution in [-0.4, -0.2) is 15.0 Å². The Balaban J connectivity index is 2.34. The van der Waals surface area contributed by atoms with Crippen LogP contribution >= 0.6 is 0 Å². The molecule has 1 aromatic heterocycles. The third kappa shape index (κ3) is 1.65. The van der Waals surface area contributed by atoms with Gasteiger partial charge in [-0.2, -0.15) is 0 Å². The third-order valence-corrected chi connectivity index (χ3v) is 2.00. The number of rotatable bonds is 2. The Morgan fingerprint density at radius 1 is 1.29 bits per heavy atom. The van der Waals surface area contributed by atoms with Gasteiger partial charge >= 0.3 is 0 Å². The van der Waals surface area contributed by atoms with Crippen molar-refractivity contribution in [3.8, 4) is 5.69 Å². The van der Waals surface area contributed by atoms with Crippen LogP contribution in [0.5, 0.6) is 0 Å². The number of hydrogen-bond donors (Lipinski definition) is 1. The Bertz CT molecular complexity index is 405. The minimum atomic E-state index is -0.0764. The lowest BCUT2D eigenvalue weighted by atomic mass is 10.3. The van der Waals surface area contributed by atoms with E-state index in [4.69, 9.17) is 5.73 Å². The minimum Gasteiger partial charge on any atom is -0.323 e. The van der Waals surface area contributed by atoms with Crippen LogP contribution in [-0.2, 0) is 0 Å². The molecule has 0 amide bonds. The van der Waals surface area contributed by atoms with Gasteiger partial charge in [0, 0.05) is 6.04 Å². The van der Waals surface area contributed by atoms with E-state index in [2.05, 4.69) is 10.3 Å². The average Bonchev–Trinajstić information content (AvgIpc) is 2.68. The van der Waals surface area contributed by atoms with Crippen molar-refractivity contribution in [3.05, 3.63) is 42.2 Å². The Morgan fingerprint density at radius 2 is 2.00 bits per heavy atom. The van der Waals surface area contributed by atoms with Crippen molar-refractivity contribution >= 4 is 0 Å². The van der Waals surface area contributed by atoms with Crippen LogP contribution in [0.25, 0.3) is 5.69 Å². The quantitative estimate of drug-likeness (QED) is 0.772. The number of nitrogens with zero attached hydrogens (tertiary/aromatic N) is 3. The van der Waals surface area contributed by atoms with E-state index in [1.165, 1.54) is 0 Å². The second kappa shape index (κ2) is 3.59. The summed E-state index contributed by atoms with van der Waals surface area (Å²) < 4.78 is 1.72. The fraction of sp³-hybridized carbons (Fsp3) is 0.200. The summed E-state index contributed by atoms with van der Waals surface area (Å²) >= 11 is 0. The number of hydrogen-bond acceptors (Lipinski definition) is 3. The van der Waals surface area contributed by atoms with Gasteiger partial charge in [0.05, 0.1) is 17.6 Å². The van der Waals surface area contributed by atoms with Gasteiger partial charge in [0.1, 0.15) is 0 Å². The molecule has 4 nitrogen and oxygen atoms in total. The Morgan fingerprint density at radius 3 is 2.57 bits per heavy atom. The third-order valence-electron chi connectivity index (χ3n) is 2.00. The van der Waals surface area contributed by atoms with Crippen molar-refractivity contribution < 1.29 is 0 Å². The molecule has 0 fully saturated rings. The zero-order chi connectivity index (χ0) is 9.97. The molecule has 0 aliphatic heterocycles. The first-order valence-electron chi connectivity index (χ1n) is 4.50. The van der Waals surface area contributed by atoms with E-state index >= 15 is 0 Å². The second-order valence-electron chi connectivity index (χ2n) is 3.21. The normalized spacial score (nSPS) is 12.7. The predicted molar refractivity (Wildman–Crippen MR) is 54.0 cm³/mol. The van der Waals surface area contributed by atoms with Gasteiger partial charge < -0.3 is 5.73 Å². The first-order chi connectivity index (χ1) is 6.77. The largest absolute Gasteiger partial charge is 0.323 e. The summed E-state index contributed by atoms with van der Waals surface area (Å²) in [6.45, 7) is 1.89. The molecule has 1 atom stereocenters. The van der Waals surface area contributed by atoms with E-state index in [-0.39, 0.29) is 6.04 Å². The minimum absolute atomic E-state index is 0.0764. The fourth-order valence-corrected chi connectivity index (χ4v) is 1.19. The van der Waals surface area contributed by atoms with Crippen molar-refractivity contribution in [3.63, 3.8) is 0 Å². The Kier molecular flexibility index (Phi) is 2.28. The zero-order valence-corrected chi connectivity index (χ0v) is 7.96. The molecule has 72 valence electrons. The molecule has 2 N–H and O–H groups in total. The Labute approximate surface area is 82.4 Å². The van der Waals surface area contributed by atoms with Gasteiger partial charge in [-0.25, -0.2) is 4.68 Å². The lowest BCUT2D eigenvalue weighted by Gasteiger charge is -1.98. The standard InChI is InChI=1S/C10H12N4/c1-8(11)10-7-14(13-12-10)9-5-3-2-4-6-9/h2-8H,11H2,1H3. The Hall–Kier alpha value is -1.68. The van der Waals surface area contributed by atoms with Crippen LogP contribution in [0.2, 0.25) is 0 Å². The SMILES string of the molecule is CC(N)c1cn(-c2ccccc2)nn1. The first kappa shape index (κ1) is 8.90. The summed E-state index contributed by atoms with van der Waals surface area (Å²) in [5, 5.41) is 7.97. The van der Waals surface area contributed by atoms with Crippen LogP contribution in [0.15, 0.2) is 36.5 Å². The number of para-hydroxylation sites is 1. The summed E-state index contributed by atoms with van der Waals surface area (Å²) in [6, 6.07) is 9.75. The molecular formula is C10H12N4. The molecule has 4 heteroatoms. The van der Waals surface area contributed by atoms with Crippen molar-refractivity contribution in [1.82, 2.24) is 15.0 Å². The van der Waals surface area contributed by atoms with Crippen molar-refractivity contribution in [1.29, 1.82) is 0 Å². The zero-order valence-electron chi connectivity index (χ0n) is 7.96. The maximum atomic E-state index is 5.69. The van der Waals surface area contributed by atoms with E-state index < -0.39 is 0 Å². The van der Waals surface area contributed by atoms with Crippen LogP contribution < -0.4 is 5.73 Å². The van der Waals surface area contributed by atoms with E-state index in [1.807, 2.05) is 43.5 Å². The molecule has 0 aliphatic carbocycles. The van der Waals surface area contributed by atoms with Crippen molar-refractivity contribution in [2.45, 2.75) is 13.0 Å². The molecule has 14 heavy (non-hydrogen) atoms. The summed E-state index contributed by atoms with van der Waals surface area (Å²) in [5.41, 5.74) is 7.48. The molecule has 0 radical (unpaired) electrons. The van der Waals surface area contributed by atoms with Gasteiger partial charge in [-0.05, 0) is 19.1 Å². The highest BCUT2D eigenvalue weighted by Gasteiger charge is 2.05. The van der Waals surface area contributed by atoms with Gasteiger partial charge in [0.2, 0.25) is 0 Å². The maximum Gasteiger partial charge on any atom is 0.0995 e. The molecule has 2 rings (SSSR count). The van der Waals surface area contributed by atoms with Crippen LogP contribution in [0, 0.1) is 0 Å². The van der Waals surface area contributed by atoms with E-state index in [9.17, 15) is 0 Å². The van der Waals surface area contributed by atoms with Crippen molar-refractivity contribution in [2.75, 3.05) is 0 Å². The second-order valence-corrected chi connectivity index (χ2v) is 3.21. The summed E-state index contributed by atoms with van der Waals surface area (Å²) in [4.78, 5) is 0. The van der Waals surface area contributed by atoms with Crippen LogP contribution in [0.1, 0.15) is 18.7 Å². The van der Waals surface area contributed by atoms with E-state index in [0.717, 1.165) is 11.4 Å². The smallest absolute Gasteiger partial charge is 0.0995 e. The summed E-state index contributed by atoms with van der Waals surface area (Å²) in [5.74, 6) is 0. The van der Waals surface area contributed by atoms with Gasteiger partial charge in [-0.1, -0.05) is 23.4 Å². The maximum absolute atomic E-state index is 5.69. The molecule has 0 bridgehead atoms. The summed E-state index contributed by atoms with van der Waals surface area (Å²) in [7, 11) is 0. The molecular weight excluding hydrogens is 176 g/mol. The molecule has 0 spiro atoms. The molecule has 0 saturated carbocycles. The lowest BCUT2D eigenvalue weighted by molar-refractivity contribution is 0.756. The van der Waals surface area contributed by atoms with Gasteiger partial charge in [0.15, 0.2) is 0 Å². The van der Waals surface area contributed by atoms with Gasteiger partial charge in [0.25, 0.3) is 0 Å². The fourth-order valence-electron chi connectivity index (χ4n) is 1.19. The van der Waals surface area contributed by atoms with Gasteiger partial charge in [-0.15, -0.1) is 5.10 Å². The molecule has 0 aliphatic rings. The highest BCUT2D eigenvalue weighted by atomic mass is 15.4. The highest BCUT2D eigenvalue weighted by Crippen LogP contribution is 2.09. The number of aromatic nitrogens is 3. The van der Waals surface area contributed by atoms with Crippen LogP contribution in [0.4, 0.5) is 0 Å². The lowest BCUT2D eigenvalue weighted by Crippen LogP contribution is -2.04. The molecule has 2 aromatic rings. The van der Waals surface area contributed by atoms with Crippen molar-refractivity contribution in [2.24, 2.45) is 5.73 Å². The van der Waals surface area contributed by atoms with E-state index in [1.54, 1.807) is 4.68 Å². The first-order valence-corrected chi connectivity index (χ1v) is 4.50. The van der Waals surface area contributed by atoms with Crippen LogP contribution in [0.3, 0.4) is 0 Å². The summed E-state index contributed by atoms with van der Waals surface area (Å²) in [6.07, 6.45) is 1.85. The predicted octanol–water partition coefficient (Wildman–Crippen LogP) is 1.29. The molecule has 0 saturated heterocycles. The average molecular weight is 188 g/mol. The molecule has 1 heterocycles. The number of benzene rings is 1. The molecule has 1 unspecified atom stereocenters. The highest BCUT2D eigenvalue weighted by molar-refractivity contribution is 5.30. The topological polar surface area (TPSA) is 56.7 Å². The van der Waals surface area contributed by atoms with Gasteiger partial charge in [-0.3, -0.25) is 0 Å². The monoisotopic (exact) mass is 188 g/mol.